The highest BCUT2D eigenvalue weighted by Gasteiger charge is 2.22. The van der Waals surface area contributed by atoms with Crippen LogP contribution >= 0.6 is 0 Å². The minimum atomic E-state index is -0.136. The third-order valence-electron chi connectivity index (χ3n) is 7.00. The summed E-state index contributed by atoms with van der Waals surface area (Å²) in [6.07, 6.45) is 20.1. The second kappa shape index (κ2) is 12.8. The Bertz CT molecular complexity index is 1540. The Labute approximate surface area is 239 Å². The smallest absolute Gasteiger partial charge is 0.0565 e. The van der Waals surface area contributed by atoms with Crippen molar-refractivity contribution in [1.29, 1.82) is 0 Å². The number of benzene rings is 4. The first kappa shape index (κ1) is 26.8. The minimum Gasteiger partial charge on any atom is -0.376 e. The number of anilines is 4. The predicted octanol–water partition coefficient (Wildman–Crippen LogP) is 10.6. The van der Waals surface area contributed by atoms with Crippen molar-refractivity contribution in [2.24, 2.45) is 0 Å². The first-order chi connectivity index (χ1) is 19.6. The van der Waals surface area contributed by atoms with Crippen LogP contribution in [0.4, 0.5) is 22.7 Å². The van der Waals surface area contributed by atoms with E-state index in [1.165, 1.54) is 16.7 Å². The number of allylic oxidation sites excluding steroid dienone is 8. The monoisotopic (exact) mass is 520 g/mol. The zero-order valence-corrected chi connectivity index (χ0v) is 23.2. The van der Waals surface area contributed by atoms with Crippen molar-refractivity contribution in [3.8, 4) is 11.1 Å². The van der Waals surface area contributed by atoms with Crippen molar-refractivity contribution >= 4 is 22.7 Å². The minimum absolute atomic E-state index is 0.136. The molecule has 0 fully saturated rings. The van der Waals surface area contributed by atoms with Gasteiger partial charge < -0.3 is 10.2 Å². The Morgan fingerprint density at radius 3 is 2.02 bits per heavy atom. The van der Waals surface area contributed by atoms with E-state index in [0.29, 0.717) is 0 Å². The first-order valence-corrected chi connectivity index (χ1v) is 13.9. The molecule has 0 heterocycles. The van der Waals surface area contributed by atoms with Crippen molar-refractivity contribution in [3.05, 3.63) is 169 Å². The molecule has 0 aromatic heterocycles. The summed E-state index contributed by atoms with van der Waals surface area (Å²) in [4.78, 5) is 2.31. The fraction of sp³-hybridized carbons (Fsp3) is 0.105. The van der Waals surface area contributed by atoms with E-state index in [1.807, 2.05) is 25.2 Å². The lowest BCUT2D eigenvalue weighted by Crippen LogP contribution is -2.33. The van der Waals surface area contributed by atoms with Gasteiger partial charge in [-0.25, -0.2) is 0 Å². The lowest BCUT2D eigenvalue weighted by Gasteiger charge is -2.31. The highest BCUT2D eigenvalue weighted by molar-refractivity contribution is 5.80. The maximum atomic E-state index is 3.74. The van der Waals surface area contributed by atoms with Crippen molar-refractivity contribution in [1.82, 2.24) is 0 Å². The fourth-order valence-electron chi connectivity index (χ4n) is 4.87. The van der Waals surface area contributed by atoms with E-state index < -0.39 is 0 Å². The van der Waals surface area contributed by atoms with Crippen LogP contribution in [0.5, 0.6) is 0 Å². The quantitative estimate of drug-likeness (QED) is 0.221. The summed E-state index contributed by atoms with van der Waals surface area (Å²) in [6, 6.07) is 38.6. The average Bonchev–Trinajstić information content (AvgIpc) is 3.00. The molecular formula is C38H36N2. The van der Waals surface area contributed by atoms with Crippen molar-refractivity contribution in [2.45, 2.75) is 25.8 Å². The van der Waals surface area contributed by atoms with Crippen LogP contribution in [0, 0.1) is 0 Å². The molecule has 5 rings (SSSR count). The Morgan fingerprint density at radius 2 is 1.32 bits per heavy atom. The molecule has 0 saturated heterocycles. The van der Waals surface area contributed by atoms with Gasteiger partial charge in [-0.1, -0.05) is 115 Å². The number of para-hydroxylation sites is 1. The number of hydrogen-bond acceptors (Lipinski definition) is 2. The van der Waals surface area contributed by atoms with E-state index in [9.17, 15) is 0 Å². The largest absolute Gasteiger partial charge is 0.376 e. The van der Waals surface area contributed by atoms with Gasteiger partial charge in [0.1, 0.15) is 0 Å². The summed E-state index contributed by atoms with van der Waals surface area (Å²) in [5.74, 6) is 0. The molecule has 1 atom stereocenters. The molecule has 1 aliphatic rings. The lowest BCUT2D eigenvalue weighted by molar-refractivity contribution is 0.638. The summed E-state index contributed by atoms with van der Waals surface area (Å²) in [5.41, 5.74) is 7.98. The van der Waals surface area contributed by atoms with Gasteiger partial charge in [-0.2, -0.15) is 0 Å². The van der Waals surface area contributed by atoms with Crippen molar-refractivity contribution in [3.63, 3.8) is 0 Å². The van der Waals surface area contributed by atoms with E-state index in [-0.39, 0.29) is 5.54 Å². The molecular weight excluding hydrogens is 484 g/mol. The van der Waals surface area contributed by atoms with Crippen LogP contribution in [0.2, 0.25) is 0 Å². The molecule has 4 aromatic carbocycles. The summed E-state index contributed by atoms with van der Waals surface area (Å²) >= 11 is 0. The average molecular weight is 521 g/mol. The van der Waals surface area contributed by atoms with Crippen molar-refractivity contribution in [2.75, 3.05) is 10.2 Å². The van der Waals surface area contributed by atoms with Crippen molar-refractivity contribution < 1.29 is 0 Å². The van der Waals surface area contributed by atoms with Gasteiger partial charge in [0.15, 0.2) is 0 Å². The van der Waals surface area contributed by atoms with Gasteiger partial charge >= 0.3 is 0 Å². The van der Waals surface area contributed by atoms with Crippen LogP contribution < -0.4 is 10.2 Å². The van der Waals surface area contributed by atoms with E-state index in [2.05, 4.69) is 163 Å². The maximum absolute atomic E-state index is 3.74. The molecule has 198 valence electrons. The summed E-state index contributed by atoms with van der Waals surface area (Å²) < 4.78 is 0. The normalized spacial score (nSPS) is 17.0. The van der Waals surface area contributed by atoms with Gasteiger partial charge in [0.05, 0.1) is 5.54 Å². The topological polar surface area (TPSA) is 15.3 Å². The standard InChI is InChI=1S/C38H36N2/c1-3-4-5-6-9-15-31-26-28-38(2,29-27-31)39-34-22-24-36(25-23-34)40(35-19-12-8-13-20-35)37-21-14-18-33(30-37)32-16-10-7-11-17-32/h3-28,30,39H,29H2,1-2H3/b4-3-,6-5-,15-9+. The third-order valence-corrected chi connectivity index (χ3v) is 7.00. The van der Waals surface area contributed by atoms with Gasteiger partial charge in [0.2, 0.25) is 0 Å². The highest BCUT2D eigenvalue weighted by Crippen LogP contribution is 2.37. The molecule has 0 saturated carbocycles. The maximum Gasteiger partial charge on any atom is 0.0565 e. The lowest BCUT2D eigenvalue weighted by atomic mass is 9.90. The van der Waals surface area contributed by atoms with Gasteiger partial charge in [0, 0.05) is 22.7 Å². The molecule has 0 aliphatic heterocycles. The number of nitrogens with one attached hydrogen (secondary N) is 1. The zero-order valence-electron chi connectivity index (χ0n) is 23.2. The van der Waals surface area contributed by atoms with Gasteiger partial charge in [-0.3, -0.25) is 0 Å². The molecule has 0 spiro atoms. The molecule has 0 amide bonds. The second-order valence-electron chi connectivity index (χ2n) is 10.2. The summed E-state index contributed by atoms with van der Waals surface area (Å²) in [5, 5.41) is 3.74. The number of nitrogens with zero attached hydrogens (tertiary/aromatic N) is 1. The molecule has 2 heteroatoms. The fourth-order valence-corrected chi connectivity index (χ4v) is 4.87. The summed E-state index contributed by atoms with van der Waals surface area (Å²) in [7, 11) is 0. The highest BCUT2D eigenvalue weighted by atomic mass is 15.1. The van der Waals surface area contributed by atoms with Gasteiger partial charge in [0.25, 0.3) is 0 Å². The third kappa shape index (κ3) is 6.78. The molecule has 2 nitrogen and oxygen atoms in total. The van der Waals surface area contributed by atoms with Gasteiger partial charge in [-0.05, 0) is 85.5 Å². The van der Waals surface area contributed by atoms with E-state index in [4.69, 9.17) is 0 Å². The van der Waals surface area contributed by atoms with Crippen LogP contribution in [0.3, 0.4) is 0 Å². The predicted molar refractivity (Wildman–Crippen MR) is 174 cm³/mol. The second-order valence-corrected chi connectivity index (χ2v) is 10.2. The molecule has 40 heavy (non-hydrogen) atoms. The molecule has 1 N–H and O–H groups in total. The van der Waals surface area contributed by atoms with Crippen LogP contribution in [-0.4, -0.2) is 5.54 Å². The molecule has 0 bridgehead atoms. The molecule has 4 aromatic rings. The Hall–Kier alpha value is -4.82. The number of rotatable bonds is 9. The molecule has 0 radical (unpaired) electrons. The summed E-state index contributed by atoms with van der Waals surface area (Å²) in [6.45, 7) is 4.26. The zero-order chi connectivity index (χ0) is 27.6. The van der Waals surface area contributed by atoms with E-state index in [0.717, 1.165) is 29.2 Å². The molecule has 1 aliphatic carbocycles. The van der Waals surface area contributed by atoms with E-state index in [1.54, 1.807) is 0 Å². The van der Waals surface area contributed by atoms with Gasteiger partial charge in [-0.15, -0.1) is 0 Å². The SMILES string of the molecule is C\C=C/C=C\C=C\C1=CCC(C)(Nc2ccc(N(c3ccccc3)c3cccc(-c4ccccc4)c3)cc2)C=C1. The Kier molecular flexibility index (Phi) is 8.58. The Morgan fingerprint density at radius 1 is 0.675 bits per heavy atom. The van der Waals surface area contributed by atoms with Crippen LogP contribution in [0.25, 0.3) is 11.1 Å². The van der Waals surface area contributed by atoms with Crippen LogP contribution in [0.15, 0.2) is 169 Å². The van der Waals surface area contributed by atoms with E-state index >= 15 is 0 Å². The number of hydrogen-bond donors (Lipinski definition) is 1. The van der Waals surface area contributed by atoms with Crippen LogP contribution in [0.1, 0.15) is 20.3 Å². The Balaban J connectivity index is 1.35. The van der Waals surface area contributed by atoms with Crippen LogP contribution in [-0.2, 0) is 0 Å². The molecule has 1 unspecified atom stereocenters. The first-order valence-electron chi connectivity index (χ1n) is 13.9.